The van der Waals surface area contributed by atoms with E-state index in [4.69, 9.17) is 4.74 Å². The highest BCUT2D eigenvalue weighted by Gasteiger charge is 2.34. The fourth-order valence-electron chi connectivity index (χ4n) is 1.93. The van der Waals surface area contributed by atoms with E-state index >= 15 is 0 Å². The molecule has 1 aromatic carbocycles. The molecule has 1 aliphatic rings. The number of imide groups is 1. The Kier molecular flexibility index (Phi) is 4.67. The minimum absolute atomic E-state index is 0.0514. The topological polar surface area (TPSA) is 90.0 Å². The van der Waals surface area contributed by atoms with Gasteiger partial charge in [0.15, 0.2) is 0 Å². The Morgan fingerprint density at radius 3 is 2.14 bits per heavy atom. The molecule has 1 heterocycles. The van der Waals surface area contributed by atoms with E-state index in [9.17, 15) is 19.2 Å². The highest BCUT2D eigenvalue weighted by molar-refractivity contribution is 6.21. The van der Waals surface area contributed by atoms with Crippen molar-refractivity contribution in [3.63, 3.8) is 0 Å². The number of esters is 2. The number of rotatable bonds is 5. The molecule has 1 aromatic rings. The first kappa shape index (κ1) is 15.4. The van der Waals surface area contributed by atoms with E-state index in [-0.39, 0.29) is 13.2 Å². The van der Waals surface area contributed by atoms with Gasteiger partial charge in [0.1, 0.15) is 6.61 Å². The van der Waals surface area contributed by atoms with Gasteiger partial charge in [-0.25, -0.2) is 9.59 Å². The molecule has 0 radical (unpaired) electrons. The van der Waals surface area contributed by atoms with Crippen molar-refractivity contribution in [2.24, 2.45) is 0 Å². The summed E-state index contributed by atoms with van der Waals surface area (Å²) < 4.78 is 9.13. The van der Waals surface area contributed by atoms with Crippen LogP contribution in [0.15, 0.2) is 36.4 Å². The summed E-state index contributed by atoms with van der Waals surface area (Å²) in [4.78, 5) is 47.2. The number of hydrogen-bond donors (Lipinski definition) is 0. The van der Waals surface area contributed by atoms with Crippen molar-refractivity contribution in [2.45, 2.75) is 0 Å². The van der Waals surface area contributed by atoms with E-state index in [2.05, 4.69) is 4.74 Å². The molecule has 0 saturated heterocycles. The van der Waals surface area contributed by atoms with Crippen molar-refractivity contribution in [2.75, 3.05) is 20.3 Å². The molecule has 0 unspecified atom stereocenters. The second-order valence-electron chi connectivity index (χ2n) is 4.33. The fourth-order valence-corrected chi connectivity index (χ4v) is 1.93. The molecule has 0 bridgehead atoms. The first-order valence-electron chi connectivity index (χ1n) is 6.42. The van der Waals surface area contributed by atoms with Crippen molar-refractivity contribution in [1.29, 1.82) is 0 Å². The highest BCUT2D eigenvalue weighted by Crippen LogP contribution is 2.21. The minimum Gasteiger partial charge on any atom is -0.466 e. The van der Waals surface area contributed by atoms with E-state index < -0.39 is 23.8 Å². The van der Waals surface area contributed by atoms with Crippen LogP contribution >= 0.6 is 0 Å². The number of amides is 2. The number of benzene rings is 1. The van der Waals surface area contributed by atoms with Crippen LogP contribution in [0.3, 0.4) is 0 Å². The van der Waals surface area contributed by atoms with Crippen molar-refractivity contribution in [3.05, 3.63) is 47.5 Å². The highest BCUT2D eigenvalue weighted by atomic mass is 16.5. The number of ether oxygens (including phenoxy) is 2. The zero-order chi connectivity index (χ0) is 16.1. The smallest absolute Gasteiger partial charge is 0.331 e. The molecule has 0 atom stereocenters. The standard InChI is InChI=1S/C15H13NO6/c1-21-12(17)6-7-13(18)22-9-8-16-14(19)10-4-2-3-5-11(10)15(16)20/h2-7H,8-9H2,1H3/b7-6+. The third-order valence-electron chi connectivity index (χ3n) is 2.99. The molecule has 7 heteroatoms. The van der Waals surface area contributed by atoms with Gasteiger partial charge in [-0.1, -0.05) is 12.1 Å². The first-order chi connectivity index (χ1) is 10.5. The van der Waals surface area contributed by atoms with Gasteiger partial charge in [0, 0.05) is 12.2 Å². The van der Waals surface area contributed by atoms with Gasteiger partial charge in [-0.05, 0) is 12.1 Å². The molecule has 114 valence electrons. The maximum Gasteiger partial charge on any atom is 0.331 e. The molecule has 0 N–H and O–H groups in total. The van der Waals surface area contributed by atoms with E-state index in [1.54, 1.807) is 24.3 Å². The third kappa shape index (κ3) is 3.20. The lowest BCUT2D eigenvalue weighted by atomic mass is 10.1. The maximum atomic E-state index is 12.0. The first-order valence-corrected chi connectivity index (χ1v) is 6.42. The summed E-state index contributed by atoms with van der Waals surface area (Å²) in [5.74, 6) is -2.28. The Morgan fingerprint density at radius 2 is 1.59 bits per heavy atom. The Balaban J connectivity index is 1.88. The van der Waals surface area contributed by atoms with E-state index in [1.807, 2.05) is 0 Å². The Hall–Kier alpha value is -2.96. The summed E-state index contributed by atoms with van der Waals surface area (Å²) in [7, 11) is 1.18. The second-order valence-corrected chi connectivity index (χ2v) is 4.33. The number of fused-ring (bicyclic) bond motifs is 1. The number of methoxy groups -OCH3 is 1. The van der Waals surface area contributed by atoms with Crippen LogP contribution in [-0.4, -0.2) is 48.9 Å². The molecule has 0 spiro atoms. The molecule has 2 rings (SSSR count). The quantitative estimate of drug-likeness (QED) is 0.448. The van der Waals surface area contributed by atoms with Gasteiger partial charge in [-0.3, -0.25) is 14.5 Å². The third-order valence-corrected chi connectivity index (χ3v) is 2.99. The van der Waals surface area contributed by atoms with Crippen LogP contribution in [0, 0.1) is 0 Å². The average Bonchev–Trinajstić information content (AvgIpc) is 2.78. The SMILES string of the molecule is COC(=O)/C=C/C(=O)OCCN1C(=O)c2ccccc2C1=O. The second kappa shape index (κ2) is 6.66. The van der Waals surface area contributed by atoms with Gasteiger partial charge in [-0.15, -0.1) is 0 Å². The fraction of sp³-hybridized carbons (Fsp3) is 0.200. The minimum atomic E-state index is -0.762. The van der Waals surface area contributed by atoms with Crippen LogP contribution in [0.25, 0.3) is 0 Å². The van der Waals surface area contributed by atoms with Crippen LogP contribution in [0.2, 0.25) is 0 Å². The van der Waals surface area contributed by atoms with Gasteiger partial charge < -0.3 is 9.47 Å². The predicted octanol–water partition coefficient (Wildman–Crippen LogP) is 0.555. The normalized spacial score (nSPS) is 13.4. The summed E-state index contributed by atoms with van der Waals surface area (Å²) in [6.07, 6.45) is 1.83. The van der Waals surface area contributed by atoms with E-state index in [1.165, 1.54) is 7.11 Å². The molecule has 1 aliphatic heterocycles. The summed E-state index contributed by atoms with van der Waals surface area (Å²) in [6, 6.07) is 6.48. The van der Waals surface area contributed by atoms with Crippen LogP contribution in [0.1, 0.15) is 20.7 Å². The van der Waals surface area contributed by atoms with Crippen molar-refractivity contribution in [1.82, 2.24) is 4.90 Å². The molecule has 0 fully saturated rings. The zero-order valence-corrected chi connectivity index (χ0v) is 11.8. The summed E-state index contributed by atoms with van der Waals surface area (Å²) >= 11 is 0. The molecule has 2 amide bonds. The van der Waals surface area contributed by atoms with Crippen molar-refractivity contribution >= 4 is 23.8 Å². The summed E-state index contributed by atoms with van der Waals surface area (Å²) in [6.45, 7) is -0.208. The van der Waals surface area contributed by atoms with Crippen molar-refractivity contribution in [3.8, 4) is 0 Å². The molecule has 0 saturated carbocycles. The molecular formula is C15H13NO6. The average molecular weight is 303 g/mol. The molecule has 7 nitrogen and oxygen atoms in total. The Morgan fingerprint density at radius 1 is 1.05 bits per heavy atom. The Bertz CT molecular complexity index is 629. The number of carbonyl (C=O) groups excluding carboxylic acids is 4. The molecule has 22 heavy (non-hydrogen) atoms. The predicted molar refractivity (Wildman–Crippen MR) is 73.9 cm³/mol. The van der Waals surface area contributed by atoms with Crippen LogP contribution in [0.4, 0.5) is 0 Å². The van der Waals surface area contributed by atoms with Gasteiger partial charge in [0.05, 0.1) is 24.8 Å². The summed E-state index contributed by atoms with van der Waals surface area (Å²) in [5.41, 5.74) is 0.675. The Labute approximate surface area is 126 Å². The molecule has 0 aromatic heterocycles. The monoisotopic (exact) mass is 303 g/mol. The molecule has 0 aliphatic carbocycles. The number of hydrogen-bond acceptors (Lipinski definition) is 6. The van der Waals surface area contributed by atoms with Gasteiger partial charge in [0.25, 0.3) is 11.8 Å². The summed E-state index contributed by atoms with van der Waals surface area (Å²) in [5, 5.41) is 0. The van der Waals surface area contributed by atoms with E-state index in [0.29, 0.717) is 11.1 Å². The largest absolute Gasteiger partial charge is 0.466 e. The zero-order valence-electron chi connectivity index (χ0n) is 11.8. The van der Waals surface area contributed by atoms with Gasteiger partial charge in [-0.2, -0.15) is 0 Å². The lowest BCUT2D eigenvalue weighted by Gasteiger charge is -2.13. The van der Waals surface area contributed by atoms with Crippen LogP contribution in [-0.2, 0) is 19.1 Å². The lowest BCUT2D eigenvalue weighted by Crippen LogP contribution is -2.33. The number of nitrogens with zero attached hydrogens (tertiary/aromatic N) is 1. The van der Waals surface area contributed by atoms with Gasteiger partial charge in [0.2, 0.25) is 0 Å². The van der Waals surface area contributed by atoms with Crippen molar-refractivity contribution < 1.29 is 28.7 Å². The van der Waals surface area contributed by atoms with Crippen LogP contribution in [0.5, 0.6) is 0 Å². The maximum absolute atomic E-state index is 12.0. The lowest BCUT2D eigenvalue weighted by molar-refractivity contribution is -0.139. The molecular weight excluding hydrogens is 290 g/mol. The van der Waals surface area contributed by atoms with Gasteiger partial charge >= 0.3 is 11.9 Å². The van der Waals surface area contributed by atoms with E-state index in [0.717, 1.165) is 17.1 Å². The van der Waals surface area contributed by atoms with Crippen LogP contribution < -0.4 is 0 Å². The number of carbonyl (C=O) groups is 4.